The predicted molar refractivity (Wildman–Crippen MR) is 68.5 cm³/mol. The first-order valence-electron chi connectivity index (χ1n) is 6.29. The van der Waals surface area contributed by atoms with Crippen molar-refractivity contribution in [3.8, 4) is 0 Å². The van der Waals surface area contributed by atoms with Gasteiger partial charge >= 0.3 is 0 Å². The van der Waals surface area contributed by atoms with E-state index in [-0.39, 0.29) is 0 Å². The van der Waals surface area contributed by atoms with Crippen molar-refractivity contribution >= 4 is 11.5 Å². The molecule has 1 aliphatic rings. The van der Waals surface area contributed by atoms with Crippen molar-refractivity contribution in [2.24, 2.45) is 0 Å². The highest BCUT2D eigenvalue weighted by Gasteiger charge is 2.19. The Hall–Kier alpha value is -1.25. The molecule has 88 valence electrons. The second-order valence-electron chi connectivity index (χ2n) is 4.55. The molecule has 3 nitrogen and oxygen atoms in total. The van der Waals surface area contributed by atoms with Crippen LogP contribution in [0.25, 0.3) is 0 Å². The van der Waals surface area contributed by atoms with E-state index >= 15 is 0 Å². The largest absolute Gasteiger partial charge is 0.384 e. The number of hydrogen-bond donors (Lipinski definition) is 1. The van der Waals surface area contributed by atoms with Crippen LogP contribution in [0.4, 0.5) is 11.5 Å². The highest BCUT2D eigenvalue weighted by molar-refractivity contribution is 5.49. The first-order valence-corrected chi connectivity index (χ1v) is 6.29. The normalized spacial score (nSPS) is 21.8. The van der Waals surface area contributed by atoms with E-state index in [1.807, 2.05) is 12.3 Å². The molecule has 1 aliphatic heterocycles. The number of nitrogen functional groups attached to an aromatic ring is 1. The van der Waals surface area contributed by atoms with Gasteiger partial charge in [-0.3, -0.25) is 0 Å². The van der Waals surface area contributed by atoms with E-state index in [1.54, 1.807) is 0 Å². The summed E-state index contributed by atoms with van der Waals surface area (Å²) < 4.78 is 0. The zero-order valence-corrected chi connectivity index (χ0v) is 10.0. The summed E-state index contributed by atoms with van der Waals surface area (Å²) in [6.07, 6.45) is 8.43. The van der Waals surface area contributed by atoms with Gasteiger partial charge in [0.1, 0.15) is 5.82 Å². The summed E-state index contributed by atoms with van der Waals surface area (Å²) >= 11 is 0. The molecule has 2 heterocycles. The van der Waals surface area contributed by atoms with Gasteiger partial charge in [-0.2, -0.15) is 0 Å². The monoisotopic (exact) mass is 219 g/mol. The van der Waals surface area contributed by atoms with Crippen molar-refractivity contribution in [1.82, 2.24) is 4.98 Å². The molecule has 1 unspecified atom stereocenters. The molecule has 0 saturated carbocycles. The van der Waals surface area contributed by atoms with Crippen LogP contribution in [0, 0.1) is 0 Å². The Morgan fingerprint density at radius 3 is 2.94 bits per heavy atom. The third-order valence-electron chi connectivity index (χ3n) is 3.45. The molecule has 1 saturated heterocycles. The summed E-state index contributed by atoms with van der Waals surface area (Å²) in [5.41, 5.74) is 6.85. The molecule has 1 fully saturated rings. The lowest BCUT2D eigenvalue weighted by atomic mass is 10.1. The third-order valence-corrected chi connectivity index (χ3v) is 3.45. The molecule has 2 rings (SSSR count). The number of rotatable bonds is 2. The van der Waals surface area contributed by atoms with Gasteiger partial charge in [-0.15, -0.1) is 0 Å². The fraction of sp³-hybridized carbons (Fsp3) is 0.615. The van der Waals surface area contributed by atoms with Crippen LogP contribution in [-0.2, 0) is 0 Å². The average molecular weight is 219 g/mol. The van der Waals surface area contributed by atoms with Gasteiger partial charge in [0, 0.05) is 12.6 Å². The average Bonchev–Trinajstić information content (AvgIpc) is 2.55. The standard InChI is InChI=1S/C13H21N3/c1-2-11-6-4-3-5-9-16(11)12-7-8-13(14)15-10-12/h7-8,10-11H,2-6,9H2,1H3,(H2,14,15). The molecular formula is C13H21N3. The van der Waals surface area contributed by atoms with Crippen LogP contribution in [0.15, 0.2) is 18.3 Å². The van der Waals surface area contributed by atoms with E-state index in [9.17, 15) is 0 Å². The maximum Gasteiger partial charge on any atom is 0.123 e. The fourth-order valence-corrected chi connectivity index (χ4v) is 2.51. The van der Waals surface area contributed by atoms with Crippen LogP contribution in [0.1, 0.15) is 39.0 Å². The number of anilines is 2. The molecule has 2 N–H and O–H groups in total. The molecule has 0 aromatic carbocycles. The summed E-state index contributed by atoms with van der Waals surface area (Å²) in [6.45, 7) is 3.43. The van der Waals surface area contributed by atoms with Gasteiger partial charge in [0.25, 0.3) is 0 Å². The summed E-state index contributed by atoms with van der Waals surface area (Å²) in [5, 5.41) is 0. The van der Waals surface area contributed by atoms with E-state index in [2.05, 4.69) is 22.9 Å². The van der Waals surface area contributed by atoms with Gasteiger partial charge in [0.05, 0.1) is 11.9 Å². The molecule has 1 atom stereocenters. The van der Waals surface area contributed by atoms with Crippen molar-refractivity contribution in [3.05, 3.63) is 18.3 Å². The van der Waals surface area contributed by atoms with Crippen LogP contribution < -0.4 is 10.6 Å². The Morgan fingerprint density at radius 1 is 1.38 bits per heavy atom. The lowest BCUT2D eigenvalue weighted by Crippen LogP contribution is -2.34. The highest BCUT2D eigenvalue weighted by Crippen LogP contribution is 2.25. The van der Waals surface area contributed by atoms with Crippen LogP contribution in [0.3, 0.4) is 0 Å². The Labute approximate surface area is 97.7 Å². The number of nitrogens with zero attached hydrogens (tertiary/aromatic N) is 2. The van der Waals surface area contributed by atoms with E-state index in [0.29, 0.717) is 11.9 Å². The third kappa shape index (κ3) is 2.46. The maximum atomic E-state index is 5.62. The second kappa shape index (κ2) is 5.19. The Kier molecular flexibility index (Phi) is 3.65. The minimum absolute atomic E-state index is 0.603. The molecule has 3 heteroatoms. The van der Waals surface area contributed by atoms with Crippen molar-refractivity contribution < 1.29 is 0 Å². The molecule has 0 spiro atoms. The van der Waals surface area contributed by atoms with E-state index in [0.717, 1.165) is 6.54 Å². The van der Waals surface area contributed by atoms with Crippen LogP contribution in [0.2, 0.25) is 0 Å². The van der Waals surface area contributed by atoms with Gasteiger partial charge in [-0.05, 0) is 31.4 Å². The number of pyridine rings is 1. The van der Waals surface area contributed by atoms with Gasteiger partial charge in [-0.25, -0.2) is 4.98 Å². The summed E-state index contributed by atoms with van der Waals surface area (Å²) in [4.78, 5) is 6.69. The van der Waals surface area contributed by atoms with Crippen molar-refractivity contribution in [1.29, 1.82) is 0 Å². The predicted octanol–water partition coefficient (Wildman–Crippen LogP) is 2.82. The number of nitrogens with two attached hydrogens (primary N) is 1. The molecule has 16 heavy (non-hydrogen) atoms. The molecule has 1 aromatic heterocycles. The summed E-state index contributed by atoms with van der Waals surface area (Å²) in [7, 11) is 0. The van der Waals surface area contributed by atoms with Crippen molar-refractivity contribution in [2.75, 3.05) is 17.2 Å². The van der Waals surface area contributed by atoms with E-state index < -0.39 is 0 Å². The Balaban J connectivity index is 2.18. The SMILES string of the molecule is CCC1CCCCCN1c1ccc(N)nc1. The number of hydrogen-bond acceptors (Lipinski definition) is 3. The smallest absolute Gasteiger partial charge is 0.123 e. The number of aromatic nitrogens is 1. The fourth-order valence-electron chi connectivity index (χ4n) is 2.51. The zero-order chi connectivity index (χ0) is 11.4. The quantitative estimate of drug-likeness (QED) is 0.831. The topological polar surface area (TPSA) is 42.1 Å². The maximum absolute atomic E-state index is 5.62. The van der Waals surface area contributed by atoms with E-state index in [1.165, 1.54) is 37.8 Å². The summed E-state index contributed by atoms with van der Waals surface area (Å²) in [5.74, 6) is 0.603. The second-order valence-corrected chi connectivity index (χ2v) is 4.55. The zero-order valence-electron chi connectivity index (χ0n) is 10.0. The minimum Gasteiger partial charge on any atom is -0.384 e. The molecular weight excluding hydrogens is 198 g/mol. The van der Waals surface area contributed by atoms with Crippen LogP contribution in [-0.4, -0.2) is 17.6 Å². The van der Waals surface area contributed by atoms with Crippen molar-refractivity contribution in [2.45, 2.75) is 45.1 Å². The van der Waals surface area contributed by atoms with E-state index in [4.69, 9.17) is 5.73 Å². The molecule has 0 radical (unpaired) electrons. The van der Waals surface area contributed by atoms with Crippen LogP contribution >= 0.6 is 0 Å². The van der Waals surface area contributed by atoms with Gasteiger partial charge < -0.3 is 10.6 Å². The molecule has 0 amide bonds. The van der Waals surface area contributed by atoms with Crippen LogP contribution in [0.5, 0.6) is 0 Å². The Morgan fingerprint density at radius 2 is 2.25 bits per heavy atom. The molecule has 0 aliphatic carbocycles. The van der Waals surface area contributed by atoms with Gasteiger partial charge in [-0.1, -0.05) is 19.8 Å². The first-order chi connectivity index (χ1) is 7.81. The molecule has 0 bridgehead atoms. The Bertz CT molecular complexity index is 320. The van der Waals surface area contributed by atoms with Gasteiger partial charge in [0.15, 0.2) is 0 Å². The van der Waals surface area contributed by atoms with Gasteiger partial charge in [0.2, 0.25) is 0 Å². The first kappa shape index (κ1) is 11.2. The lowest BCUT2D eigenvalue weighted by molar-refractivity contribution is 0.556. The minimum atomic E-state index is 0.603. The van der Waals surface area contributed by atoms with Crippen molar-refractivity contribution in [3.63, 3.8) is 0 Å². The highest BCUT2D eigenvalue weighted by atomic mass is 15.2. The molecule has 1 aromatic rings. The summed E-state index contributed by atoms with van der Waals surface area (Å²) in [6, 6.07) is 4.66. The lowest BCUT2D eigenvalue weighted by Gasteiger charge is -2.31.